The minimum Gasteiger partial charge on any atom is -0.336 e. The van der Waals surface area contributed by atoms with Crippen molar-refractivity contribution < 1.29 is 0 Å². The molecule has 2 rings (SSSR count). The van der Waals surface area contributed by atoms with E-state index in [0.29, 0.717) is 6.04 Å². The summed E-state index contributed by atoms with van der Waals surface area (Å²) in [6.07, 6.45) is 5.63. The van der Waals surface area contributed by atoms with Crippen LogP contribution in [0.5, 0.6) is 0 Å². The number of imidazole rings is 1. The molecule has 0 saturated heterocycles. The van der Waals surface area contributed by atoms with Gasteiger partial charge in [0.15, 0.2) is 0 Å². The number of aromatic nitrogens is 4. The first kappa shape index (κ1) is 14.3. The third kappa shape index (κ3) is 2.74. The quantitative estimate of drug-likeness (QED) is 0.919. The minimum absolute atomic E-state index is 0.0317. The Kier molecular flexibility index (Phi) is 4.42. The van der Waals surface area contributed by atoms with Gasteiger partial charge in [0.1, 0.15) is 11.9 Å². The number of aryl methyl sites for hydroxylation is 1. The van der Waals surface area contributed by atoms with Crippen molar-refractivity contribution in [2.75, 3.05) is 6.54 Å². The molecule has 2 heterocycles. The molecule has 0 bridgehead atoms. The van der Waals surface area contributed by atoms with Crippen LogP contribution in [0.1, 0.15) is 44.4 Å². The van der Waals surface area contributed by atoms with E-state index in [4.69, 9.17) is 0 Å². The topological polar surface area (TPSA) is 47.7 Å². The van der Waals surface area contributed by atoms with Crippen molar-refractivity contribution in [2.45, 2.75) is 32.9 Å². The maximum absolute atomic E-state index is 4.47. The summed E-state index contributed by atoms with van der Waals surface area (Å²) in [7, 11) is 2.01. The molecule has 0 aromatic carbocycles. The fourth-order valence-electron chi connectivity index (χ4n) is 2.20. The lowest BCUT2D eigenvalue weighted by Gasteiger charge is -2.21. The van der Waals surface area contributed by atoms with Crippen LogP contribution in [0.15, 0.2) is 23.1 Å². The van der Waals surface area contributed by atoms with Crippen molar-refractivity contribution >= 4 is 15.9 Å². The highest BCUT2D eigenvalue weighted by Gasteiger charge is 2.25. The van der Waals surface area contributed by atoms with Crippen LogP contribution in [0.4, 0.5) is 0 Å². The summed E-state index contributed by atoms with van der Waals surface area (Å²) in [5.74, 6) is 0.991. The first-order valence-electron chi connectivity index (χ1n) is 6.49. The highest BCUT2D eigenvalue weighted by Crippen LogP contribution is 2.29. The van der Waals surface area contributed by atoms with Crippen LogP contribution in [-0.2, 0) is 7.05 Å². The van der Waals surface area contributed by atoms with Crippen molar-refractivity contribution in [3.8, 4) is 0 Å². The van der Waals surface area contributed by atoms with E-state index in [0.717, 1.165) is 22.5 Å². The molecule has 1 N–H and O–H groups in total. The van der Waals surface area contributed by atoms with E-state index in [1.165, 1.54) is 0 Å². The van der Waals surface area contributed by atoms with Gasteiger partial charge in [0.05, 0.1) is 16.4 Å². The summed E-state index contributed by atoms with van der Waals surface area (Å²) >= 11 is 3.61. The van der Waals surface area contributed by atoms with Crippen LogP contribution in [0.25, 0.3) is 0 Å². The molecular formula is C13H20BrN5. The van der Waals surface area contributed by atoms with E-state index >= 15 is 0 Å². The van der Waals surface area contributed by atoms with E-state index in [-0.39, 0.29) is 6.04 Å². The summed E-state index contributed by atoms with van der Waals surface area (Å²) in [5.41, 5.74) is 1.12. The van der Waals surface area contributed by atoms with Crippen molar-refractivity contribution in [2.24, 2.45) is 7.05 Å². The fraction of sp³-hybridized carbons (Fsp3) is 0.538. The van der Waals surface area contributed by atoms with Crippen LogP contribution in [0, 0.1) is 0 Å². The van der Waals surface area contributed by atoms with Gasteiger partial charge >= 0.3 is 0 Å². The van der Waals surface area contributed by atoms with Crippen molar-refractivity contribution in [1.82, 2.24) is 24.6 Å². The lowest BCUT2D eigenvalue weighted by Crippen LogP contribution is -2.28. The van der Waals surface area contributed by atoms with E-state index in [9.17, 15) is 0 Å². The van der Waals surface area contributed by atoms with E-state index in [2.05, 4.69) is 52.1 Å². The van der Waals surface area contributed by atoms with Gasteiger partial charge in [-0.1, -0.05) is 6.92 Å². The highest BCUT2D eigenvalue weighted by molar-refractivity contribution is 9.10. The van der Waals surface area contributed by atoms with Gasteiger partial charge < -0.3 is 9.88 Å². The summed E-state index contributed by atoms with van der Waals surface area (Å²) in [4.78, 5) is 4.47. The zero-order chi connectivity index (χ0) is 14.0. The maximum Gasteiger partial charge on any atom is 0.131 e. The molecule has 0 aliphatic rings. The predicted molar refractivity (Wildman–Crippen MR) is 79.0 cm³/mol. The first-order valence-corrected chi connectivity index (χ1v) is 7.29. The number of halogens is 1. The lowest BCUT2D eigenvalue weighted by atomic mass is 10.1. The molecule has 2 aromatic rings. The third-order valence-electron chi connectivity index (χ3n) is 3.07. The van der Waals surface area contributed by atoms with Crippen LogP contribution < -0.4 is 5.32 Å². The van der Waals surface area contributed by atoms with Gasteiger partial charge in [-0.15, -0.1) is 0 Å². The van der Waals surface area contributed by atoms with E-state index in [1.54, 1.807) is 0 Å². The standard InChI is InChI=1S/C13H20BrN5/c1-5-15-11(13-16-6-7-18(13)4)12-10(14)8-17-19(12)9(2)3/h6-9,11,15H,5H2,1-4H3. The molecule has 1 unspecified atom stereocenters. The predicted octanol–water partition coefficient (Wildman–Crippen LogP) is 2.66. The fourth-order valence-corrected chi connectivity index (χ4v) is 2.70. The number of hydrogen-bond donors (Lipinski definition) is 1. The van der Waals surface area contributed by atoms with Crippen LogP contribution in [0.2, 0.25) is 0 Å². The van der Waals surface area contributed by atoms with Gasteiger partial charge in [0.2, 0.25) is 0 Å². The second kappa shape index (κ2) is 5.88. The highest BCUT2D eigenvalue weighted by atomic mass is 79.9. The Morgan fingerprint density at radius 3 is 2.68 bits per heavy atom. The molecule has 0 fully saturated rings. The van der Waals surface area contributed by atoms with Crippen molar-refractivity contribution in [3.05, 3.63) is 34.6 Å². The number of nitrogens with zero attached hydrogens (tertiary/aromatic N) is 4. The summed E-state index contributed by atoms with van der Waals surface area (Å²) in [6, 6.07) is 0.340. The van der Waals surface area contributed by atoms with E-state index in [1.807, 2.05) is 34.9 Å². The van der Waals surface area contributed by atoms with Crippen LogP contribution in [0.3, 0.4) is 0 Å². The number of nitrogens with one attached hydrogen (secondary N) is 1. The smallest absolute Gasteiger partial charge is 0.131 e. The second-order valence-corrected chi connectivity index (χ2v) is 5.66. The molecule has 5 nitrogen and oxygen atoms in total. The van der Waals surface area contributed by atoms with Crippen LogP contribution in [-0.4, -0.2) is 25.9 Å². The van der Waals surface area contributed by atoms with Gasteiger partial charge in [-0.3, -0.25) is 4.68 Å². The Bertz CT molecular complexity index is 543. The second-order valence-electron chi connectivity index (χ2n) is 4.80. The Balaban J connectivity index is 2.51. The molecule has 0 amide bonds. The van der Waals surface area contributed by atoms with Gasteiger partial charge in [-0.2, -0.15) is 5.10 Å². The average molecular weight is 326 g/mol. The molecule has 0 aliphatic heterocycles. The molecule has 0 spiro atoms. The Morgan fingerprint density at radius 1 is 1.42 bits per heavy atom. The maximum atomic E-state index is 4.47. The van der Waals surface area contributed by atoms with Gasteiger partial charge in [0.25, 0.3) is 0 Å². The molecule has 6 heteroatoms. The SMILES string of the molecule is CCNC(c1nccn1C)c1c(Br)cnn1C(C)C. The molecule has 2 aromatic heterocycles. The lowest BCUT2D eigenvalue weighted by molar-refractivity contribution is 0.462. The average Bonchev–Trinajstić information content (AvgIpc) is 2.93. The zero-order valence-corrected chi connectivity index (χ0v) is 13.3. The van der Waals surface area contributed by atoms with E-state index < -0.39 is 0 Å². The Labute approximate surface area is 122 Å². The number of rotatable bonds is 5. The monoisotopic (exact) mass is 325 g/mol. The third-order valence-corrected chi connectivity index (χ3v) is 3.69. The Hall–Kier alpha value is -1.14. The molecule has 0 radical (unpaired) electrons. The molecule has 19 heavy (non-hydrogen) atoms. The number of hydrogen-bond acceptors (Lipinski definition) is 3. The zero-order valence-electron chi connectivity index (χ0n) is 11.8. The normalized spacial score (nSPS) is 13.2. The van der Waals surface area contributed by atoms with Gasteiger partial charge in [-0.05, 0) is 36.3 Å². The van der Waals surface area contributed by atoms with Crippen LogP contribution >= 0.6 is 15.9 Å². The largest absolute Gasteiger partial charge is 0.336 e. The van der Waals surface area contributed by atoms with Gasteiger partial charge in [-0.25, -0.2) is 4.98 Å². The summed E-state index contributed by atoms with van der Waals surface area (Å²) in [5, 5.41) is 7.94. The molecule has 0 saturated carbocycles. The first-order chi connectivity index (χ1) is 9.06. The summed E-state index contributed by atoms with van der Waals surface area (Å²) in [6.45, 7) is 7.22. The van der Waals surface area contributed by atoms with Gasteiger partial charge in [0, 0.05) is 25.5 Å². The van der Waals surface area contributed by atoms with Crippen molar-refractivity contribution in [3.63, 3.8) is 0 Å². The van der Waals surface area contributed by atoms with Crippen molar-refractivity contribution in [1.29, 1.82) is 0 Å². The molecular weight excluding hydrogens is 306 g/mol. The minimum atomic E-state index is 0.0317. The molecule has 104 valence electrons. The molecule has 1 atom stereocenters. The Morgan fingerprint density at radius 2 is 2.16 bits per heavy atom. The molecule has 0 aliphatic carbocycles. The summed E-state index contributed by atoms with van der Waals surface area (Å²) < 4.78 is 5.08.